The van der Waals surface area contributed by atoms with Gasteiger partial charge in [0.15, 0.2) is 0 Å². The highest BCUT2D eigenvalue weighted by atomic mass is 16.5. The first-order valence-corrected chi connectivity index (χ1v) is 6.08. The van der Waals surface area contributed by atoms with Crippen molar-refractivity contribution in [2.45, 2.75) is 57.5 Å². The van der Waals surface area contributed by atoms with Crippen LogP contribution in [0.15, 0.2) is 0 Å². The van der Waals surface area contributed by atoms with Crippen LogP contribution in [0.3, 0.4) is 0 Å². The van der Waals surface area contributed by atoms with Gasteiger partial charge in [0.1, 0.15) is 0 Å². The Morgan fingerprint density at radius 3 is 2.67 bits per heavy atom. The van der Waals surface area contributed by atoms with Crippen molar-refractivity contribution in [3.63, 3.8) is 0 Å². The van der Waals surface area contributed by atoms with Crippen LogP contribution in [0.25, 0.3) is 0 Å². The van der Waals surface area contributed by atoms with Crippen LogP contribution in [-0.2, 0) is 9.53 Å². The molecule has 1 N–H and O–H groups in total. The second-order valence-corrected chi connectivity index (χ2v) is 4.97. The average Bonchev–Trinajstić information content (AvgIpc) is 2.61. The summed E-state index contributed by atoms with van der Waals surface area (Å²) in [6.45, 7) is 0.898. The van der Waals surface area contributed by atoms with Gasteiger partial charge in [-0.3, -0.25) is 4.79 Å². The number of carbonyl (C=O) groups is 1. The average molecular weight is 212 g/mol. The summed E-state index contributed by atoms with van der Waals surface area (Å²) in [5.74, 6) is -0.582. The minimum Gasteiger partial charge on any atom is -0.481 e. The number of carboxylic acid groups (broad SMARTS) is 1. The maximum atomic E-state index is 11.1. The Morgan fingerprint density at radius 2 is 2.20 bits per heavy atom. The molecule has 3 nitrogen and oxygen atoms in total. The van der Waals surface area contributed by atoms with Crippen molar-refractivity contribution in [2.24, 2.45) is 5.41 Å². The van der Waals surface area contributed by atoms with Gasteiger partial charge in [-0.1, -0.05) is 6.42 Å². The lowest BCUT2D eigenvalue weighted by molar-refractivity contribution is -0.155. The Labute approximate surface area is 90.8 Å². The number of hydrogen-bond acceptors (Lipinski definition) is 2. The van der Waals surface area contributed by atoms with Crippen LogP contribution < -0.4 is 0 Å². The van der Waals surface area contributed by atoms with Gasteiger partial charge in [-0.15, -0.1) is 0 Å². The lowest BCUT2D eigenvalue weighted by Gasteiger charge is -2.37. The van der Waals surface area contributed by atoms with E-state index in [1.165, 1.54) is 12.8 Å². The zero-order chi connectivity index (χ0) is 10.7. The highest BCUT2D eigenvalue weighted by Gasteiger charge is 2.43. The highest BCUT2D eigenvalue weighted by molar-refractivity contribution is 5.75. The van der Waals surface area contributed by atoms with Crippen molar-refractivity contribution >= 4 is 5.97 Å². The van der Waals surface area contributed by atoms with E-state index in [2.05, 4.69) is 0 Å². The molecule has 1 aliphatic carbocycles. The molecule has 0 aromatic heterocycles. The fraction of sp³-hybridized carbons (Fsp3) is 0.917. The molecule has 2 aliphatic rings. The second-order valence-electron chi connectivity index (χ2n) is 4.97. The van der Waals surface area contributed by atoms with Crippen molar-refractivity contribution in [1.29, 1.82) is 0 Å². The SMILES string of the molecule is O=C(O)C1(CCCC2CCCO2)CCC1. The standard InChI is InChI=1S/C12H20O3/c13-11(14)12(7-3-8-12)6-1-4-10-5-2-9-15-10/h10H,1-9H2,(H,13,14). The predicted octanol–water partition coefficient (Wildman–Crippen LogP) is 2.59. The zero-order valence-corrected chi connectivity index (χ0v) is 9.21. The molecular formula is C12H20O3. The van der Waals surface area contributed by atoms with Crippen molar-refractivity contribution in [3.05, 3.63) is 0 Å². The molecule has 0 spiro atoms. The molecule has 0 bridgehead atoms. The second kappa shape index (κ2) is 4.52. The first-order chi connectivity index (χ1) is 7.23. The summed E-state index contributed by atoms with van der Waals surface area (Å²) in [4.78, 5) is 11.1. The van der Waals surface area contributed by atoms with E-state index >= 15 is 0 Å². The number of hydrogen-bond donors (Lipinski definition) is 1. The minimum atomic E-state index is -0.582. The number of carboxylic acids is 1. The molecule has 2 rings (SSSR count). The van der Waals surface area contributed by atoms with Gasteiger partial charge in [-0.25, -0.2) is 0 Å². The summed E-state index contributed by atoms with van der Waals surface area (Å²) in [6.07, 6.45) is 8.52. The van der Waals surface area contributed by atoms with E-state index in [4.69, 9.17) is 9.84 Å². The topological polar surface area (TPSA) is 46.5 Å². The Hall–Kier alpha value is -0.570. The Morgan fingerprint density at radius 1 is 1.40 bits per heavy atom. The summed E-state index contributed by atoms with van der Waals surface area (Å²) >= 11 is 0. The first-order valence-electron chi connectivity index (χ1n) is 6.08. The maximum absolute atomic E-state index is 11.1. The van der Waals surface area contributed by atoms with Crippen LogP contribution in [0.4, 0.5) is 0 Å². The molecule has 86 valence electrons. The smallest absolute Gasteiger partial charge is 0.309 e. The van der Waals surface area contributed by atoms with Crippen LogP contribution in [0, 0.1) is 5.41 Å². The molecule has 3 heteroatoms. The molecule has 15 heavy (non-hydrogen) atoms. The van der Waals surface area contributed by atoms with Gasteiger partial charge >= 0.3 is 5.97 Å². The molecule has 0 amide bonds. The molecule has 1 unspecified atom stereocenters. The molecule has 1 heterocycles. The lowest BCUT2D eigenvalue weighted by atomic mass is 9.66. The van der Waals surface area contributed by atoms with Crippen LogP contribution in [0.2, 0.25) is 0 Å². The van der Waals surface area contributed by atoms with Gasteiger partial charge in [0, 0.05) is 6.61 Å². The van der Waals surface area contributed by atoms with Crippen molar-refractivity contribution in [1.82, 2.24) is 0 Å². The van der Waals surface area contributed by atoms with Gasteiger partial charge < -0.3 is 9.84 Å². The quantitative estimate of drug-likeness (QED) is 0.762. The third kappa shape index (κ3) is 2.33. The minimum absolute atomic E-state index is 0.362. The zero-order valence-electron chi connectivity index (χ0n) is 9.21. The molecule has 1 saturated carbocycles. The lowest BCUT2D eigenvalue weighted by Crippen LogP contribution is -2.37. The summed E-state index contributed by atoms with van der Waals surface area (Å²) in [5.41, 5.74) is -0.362. The summed E-state index contributed by atoms with van der Waals surface area (Å²) in [5, 5.41) is 9.14. The number of rotatable bonds is 5. The normalized spacial score (nSPS) is 28.7. The van der Waals surface area contributed by atoms with Crippen molar-refractivity contribution < 1.29 is 14.6 Å². The monoisotopic (exact) mass is 212 g/mol. The largest absolute Gasteiger partial charge is 0.481 e. The van der Waals surface area contributed by atoms with Crippen molar-refractivity contribution in [2.75, 3.05) is 6.61 Å². The fourth-order valence-corrected chi connectivity index (χ4v) is 2.71. The maximum Gasteiger partial charge on any atom is 0.309 e. The molecular weight excluding hydrogens is 192 g/mol. The molecule has 2 fully saturated rings. The van der Waals surface area contributed by atoms with E-state index in [9.17, 15) is 4.79 Å². The van der Waals surface area contributed by atoms with Gasteiger partial charge in [0.05, 0.1) is 11.5 Å². The molecule has 0 aromatic rings. The van der Waals surface area contributed by atoms with Gasteiger partial charge in [0.2, 0.25) is 0 Å². The van der Waals surface area contributed by atoms with E-state index in [0.29, 0.717) is 6.10 Å². The first kappa shape index (κ1) is 10.9. The highest BCUT2D eigenvalue weighted by Crippen LogP contribution is 2.45. The third-order valence-electron chi connectivity index (χ3n) is 3.97. The van der Waals surface area contributed by atoms with E-state index in [1.54, 1.807) is 0 Å². The van der Waals surface area contributed by atoms with E-state index in [0.717, 1.165) is 45.1 Å². The summed E-state index contributed by atoms with van der Waals surface area (Å²) < 4.78 is 5.53. The molecule has 1 atom stereocenters. The van der Waals surface area contributed by atoms with Crippen LogP contribution in [0.5, 0.6) is 0 Å². The Bertz CT molecular complexity index is 227. The number of aliphatic carboxylic acids is 1. The van der Waals surface area contributed by atoms with Gasteiger partial charge in [-0.05, 0) is 44.9 Å². The molecule has 1 saturated heterocycles. The van der Waals surface area contributed by atoms with Crippen LogP contribution in [-0.4, -0.2) is 23.8 Å². The Kier molecular flexibility index (Phi) is 3.29. The van der Waals surface area contributed by atoms with Gasteiger partial charge in [-0.2, -0.15) is 0 Å². The molecule has 0 aromatic carbocycles. The van der Waals surface area contributed by atoms with Crippen LogP contribution in [0.1, 0.15) is 51.4 Å². The fourth-order valence-electron chi connectivity index (χ4n) is 2.71. The number of ether oxygens (including phenoxy) is 1. The van der Waals surface area contributed by atoms with E-state index < -0.39 is 5.97 Å². The molecule has 0 radical (unpaired) electrons. The van der Waals surface area contributed by atoms with E-state index in [1.807, 2.05) is 0 Å². The Balaban J connectivity index is 1.69. The van der Waals surface area contributed by atoms with Crippen LogP contribution >= 0.6 is 0 Å². The summed E-state index contributed by atoms with van der Waals surface area (Å²) in [7, 11) is 0. The van der Waals surface area contributed by atoms with E-state index in [-0.39, 0.29) is 5.41 Å². The molecule has 1 aliphatic heterocycles. The predicted molar refractivity (Wildman–Crippen MR) is 56.7 cm³/mol. The summed E-state index contributed by atoms with van der Waals surface area (Å²) in [6, 6.07) is 0. The van der Waals surface area contributed by atoms with Crippen molar-refractivity contribution in [3.8, 4) is 0 Å². The van der Waals surface area contributed by atoms with Gasteiger partial charge in [0.25, 0.3) is 0 Å². The third-order valence-corrected chi connectivity index (χ3v) is 3.97.